The van der Waals surface area contributed by atoms with Crippen LogP contribution in [-0.2, 0) is 5.54 Å². The summed E-state index contributed by atoms with van der Waals surface area (Å²) in [4.78, 5) is 19.0. The first kappa shape index (κ1) is 10.0. The lowest BCUT2D eigenvalue weighted by molar-refractivity contribution is 0.428. The van der Waals surface area contributed by atoms with Gasteiger partial charge in [-0.1, -0.05) is 12.8 Å². The number of hydrogen-bond donors (Lipinski definition) is 2. The monoisotopic (exact) mass is 219 g/mol. The maximum absolute atomic E-state index is 11.6. The summed E-state index contributed by atoms with van der Waals surface area (Å²) < 4.78 is 0. The molecule has 4 heteroatoms. The van der Waals surface area contributed by atoms with E-state index in [2.05, 4.69) is 9.97 Å². The molecule has 2 aliphatic carbocycles. The molecule has 2 aliphatic rings. The molecule has 0 aliphatic heterocycles. The number of nitrogens with zero attached hydrogens (tertiary/aromatic N) is 1. The Labute approximate surface area is 94.3 Å². The third-order valence-electron chi connectivity index (χ3n) is 3.72. The fourth-order valence-corrected chi connectivity index (χ4v) is 2.54. The van der Waals surface area contributed by atoms with Crippen LogP contribution < -0.4 is 11.3 Å². The van der Waals surface area contributed by atoms with E-state index in [1.807, 2.05) is 0 Å². The number of nitrogens with one attached hydrogen (secondary N) is 1. The zero-order chi connectivity index (χ0) is 11.2. The Morgan fingerprint density at radius 1 is 1.38 bits per heavy atom. The van der Waals surface area contributed by atoms with Crippen LogP contribution in [0.2, 0.25) is 0 Å². The van der Waals surface area contributed by atoms with Crippen molar-refractivity contribution >= 4 is 0 Å². The molecular weight excluding hydrogens is 202 g/mol. The molecule has 1 aromatic heterocycles. The molecule has 0 bridgehead atoms. The lowest BCUT2D eigenvalue weighted by Gasteiger charge is -2.22. The Kier molecular flexibility index (Phi) is 2.14. The molecule has 3 N–H and O–H groups in total. The predicted octanol–water partition coefficient (Wildman–Crippen LogP) is 1.38. The highest BCUT2D eigenvalue weighted by molar-refractivity contribution is 5.18. The van der Waals surface area contributed by atoms with Crippen LogP contribution in [0.4, 0.5) is 0 Å². The Morgan fingerprint density at radius 3 is 2.69 bits per heavy atom. The normalized spacial score (nSPS) is 23.6. The van der Waals surface area contributed by atoms with Gasteiger partial charge in [0.25, 0.3) is 5.56 Å². The van der Waals surface area contributed by atoms with Crippen molar-refractivity contribution in [2.24, 2.45) is 5.73 Å². The van der Waals surface area contributed by atoms with Crippen molar-refractivity contribution in [3.8, 4) is 0 Å². The predicted molar refractivity (Wildman–Crippen MR) is 61.2 cm³/mol. The number of aromatic nitrogens is 2. The molecule has 16 heavy (non-hydrogen) atoms. The molecule has 3 rings (SSSR count). The molecule has 2 saturated carbocycles. The van der Waals surface area contributed by atoms with E-state index < -0.39 is 0 Å². The van der Waals surface area contributed by atoms with E-state index in [9.17, 15) is 4.79 Å². The summed E-state index contributed by atoms with van der Waals surface area (Å²) >= 11 is 0. The summed E-state index contributed by atoms with van der Waals surface area (Å²) in [5.74, 6) is 1.21. The van der Waals surface area contributed by atoms with Gasteiger partial charge in [0.1, 0.15) is 5.82 Å². The molecule has 0 amide bonds. The topological polar surface area (TPSA) is 71.8 Å². The number of rotatable bonds is 2. The molecule has 1 heterocycles. The van der Waals surface area contributed by atoms with Crippen LogP contribution in [0, 0.1) is 0 Å². The van der Waals surface area contributed by atoms with Gasteiger partial charge in [-0.05, 0) is 25.7 Å². The quantitative estimate of drug-likeness (QED) is 0.789. The average Bonchev–Trinajstić information content (AvgIpc) is 3.01. The summed E-state index contributed by atoms with van der Waals surface area (Å²) in [6.45, 7) is 0. The second-order valence-electron chi connectivity index (χ2n) is 5.16. The molecule has 0 saturated heterocycles. The lowest BCUT2D eigenvalue weighted by Crippen LogP contribution is -2.37. The minimum absolute atomic E-state index is 0.0522. The standard InChI is InChI=1S/C12H17N3O/c13-12(5-1-2-6-12)11-14-9(8-3-4-8)7-10(16)15-11/h7-8H,1-6,13H2,(H,14,15,16). The van der Waals surface area contributed by atoms with Crippen molar-refractivity contribution in [2.75, 3.05) is 0 Å². The van der Waals surface area contributed by atoms with Crippen LogP contribution >= 0.6 is 0 Å². The van der Waals surface area contributed by atoms with E-state index in [0.717, 1.165) is 44.2 Å². The molecule has 1 aromatic rings. The van der Waals surface area contributed by atoms with Crippen molar-refractivity contribution < 1.29 is 0 Å². The fourth-order valence-electron chi connectivity index (χ4n) is 2.54. The third-order valence-corrected chi connectivity index (χ3v) is 3.72. The van der Waals surface area contributed by atoms with Crippen molar-refractivity contribution in [1.82, 2.24) is 9.97 Å². The largest absolute Gasteiger partial charge is 0.319 e. The van der Waals surface area contributed by atoms with Crippen LogP contribution in [0.3, 0.4) is 0 Å². The zero-order valence-corrected chi connectivity index (χ0v) is 9.33. The molecular formula is C12H17N3O. The Bertz CT molecular complexity index is 456. The number of H-pyrrole nitrogens is 1. The van der Waals surface area contributed by atoms with Crippen molar-refractivity contribution in [2.45, 2.75) is 50.0 Å². The first-order valence-corrected chi connectivity index (χ1v) is 6.08. The first-order valence-electron chi connectivity index (χ1n) is 6.08. The molecule has 0 atom stereocenters. The molecule has 2 fully saturated rings. The van der Waals surface area contributed by atoms with Crippen LogP contribution in [0.15, 0.2) is 10.9 Å². The van der Waals surface area contributed by atoms with Crippen LogP contribution in [0.25, 0.3) is 0 Å². The second-order valence-corrected chi connectivity index (χ2v) is 5.16. The molecule has 0 aromatic carbocycles. The van der Waals surface area contributed by atoms with Gasteiger partial charge in [-0.25, -0.2) is 4.98 Å². The number of aromatic amines is 1. The smallest absolute Gasteiger partial charge is 0.251 e. The summed E-state index contributed by atoms with van der Waals surface area (Å²) in [6, 6.07) is 1.62. The van der Waals surface area contributed by atoms with E-state index in [1.54, 1.807) is 6.07 Å². The third kappa shape index (κ3) is 1.67. The summed E-state index contributed by atoms with van der Waals surface area (Å²) in [6.07, 6.45) is 6.46. The Balaban J connectivity index is 2.02. The minimum atomic E-state index is -0.385. The van der Waals surface area contributed by atoms with Crippen molar-refractivity contribution in [3.05, 3.63) is 27.9 Å². The maximum atomic E-state index is 11.6. The molecule has 4 nitrogen and oxygen atoms in total. The Morgan fingerprint density at radius 2 is 2.06 bits per heavy atom. The van der Waals surface area contributed by atoms with E-state index >= 15 is 0 Å². The van der Waals surface area contributed by atoms with E-state index in [1.165, 1.54) is 0 Å². The first-order chi connectivity index (χ1) is 7.67. The molecule has 86 valence electrons. The Hall–Kier alpha value is -1.16. The van der Waals surface area contributed by atoms with Gasteiger partial charge >= 0.3 is 0 Å². The minimum Gasteiger partial charge on any atom is -0.319 e. The SMILES string of the molecule is NC1(c2nc(C3CC3)cc(=O)[nH]2)CCCC1. The summed E-state index contributed by atoms with van der Waals surface area (Å²) in [7, 11) is 0. The highest BCUT2D eigenvalue weighted by Gasteiger charge is 2.35. The van der Waals surface area contributed by atoms with Crippen LogP contribution in [0.5, 0.6) is 0 Å². The maximum Gasteiger partial charge on any atom is 0.251 e. The second kappa shape index (κ2) is 3.42. The van der Waals surface area contributed by atoms with Crippen molar-refractivity contribution in [3.63, 3.8) is 0 Å². The molecule has 0 unspecified atom stereocenters. The molecule has 0 spiro atoms. The van der Waals surface area contributed by atoms with Gasteiger partial charge in [-0.15, -0.1) is 0 Å². The summed E-state index contributed by atoms with van der Waals surface area (Å²) in [5.41, 5.74) is 6.81. The van der Waals surface area contributed by atoms with Crippen LogP contribution in [-0.4, -0.2) is 9.97 Å². The van der Waals surface area contributed by atoms with Gasteiger partial charge < -0.3 is 10.7 Å². The average molecular weight is 219 g/mol. The lowest BCUT2D eigenvalue weighted by atomic mass is 9.98. The van der Waals surface area contributed by atoms with E-state index in [0.29, 0.717) is 11.7 Å². The van der Waals surface area contributed by atoms with Gasteiger partial charge in [0.15, 0.2) is 0 Å². The van der Waals surface area contributed by atoms with Crippen LogP contribution in [0.1, 0.15) is 56.0 Å². The zero-order valence-electron chi connectivity index (χ0n) is 9.33. The number of hydrogen-bond acceptors (Lipinski definition) is 3. The van der Waals surface area contributed by atoms with Gasteiger partial charge in [0.2, 0.25) is 0 Å². The molecule has 0 radical (unpaired) electrons. The van der Waals surface area contributed by atoms with Gasteiger partial charge in [0, 0.05) is 12.0 Å². The fraction of sp³-hybridized carbons (Fsp3) is 0.667. The highest BCUT2D eigenvalue weighted by atomic mass is 16.1. The van der Waals surface area contributed by atoms with E-state index in [-0.39, 0.29) is 11.1 Å². The van der Waals surface area contributed by atoms with Gasteiger partial charge in [-0.2, -0.15) is 0 Å². The van der Waals surface area contributed by atoms with Gasteiger partial charge in [0.05, 0.1) is 11.2 Å². The van der Waals surface area contributed by atoms with E-state index in [4.69, 9.17) is 5.73 Å². The summed E-state index contributed by atoms with van der Waals surface area (Å²) in [5, 5.41) is 0. The van der Waals surface area contributed by atoms with Gasteiger partial charge in [-0.3, -0.25) is 4.79 Å². The highest BCUT2D eigenvalue weighted by Crippen LogP contribution is 2.40. The number of nitrogens with two attached hydrogens (primary N) is 1. The van der Waals surface area contributed by atoms with Crippen molar-refractivity contribution in [1.29, 1.82) is 0 Å².